The second kappa shape index (κ2) is 11.5. The Hall–Kier alpha value is -1.55. The van der Waals surface area contributed by atoms with Crippen LogP contribution in [0.2, 0.25) is 0 Å². The van der Waals surface area contributed by atoms with E-state index in [0.717, 1.165) is 18.8 Å². The van der Waals surface area contributed by atoms with Gasteiger partial charge in [-0.1, -0.05) is 31.5 Å². The van der Waals surface area contributed by atoms with E-state index < -0.39 is 0 Å². The van der Waals surface area contributed by atoms with Gasteiger partial charge < -0.3 is 14.8 Å². The lowest BCUT2D eigenvalue weighted by atomic mass is 10.2. The molecule has 0 bridgehead atoms. The van der Waals surface area contributed by atoms with Crippen LogP contribution in [0.15, 0.2) is 24.3 Å². The second-order valence-corrected chi connectivity index (χ2v) is 3.74. The third-order valence-corrected chi connectivity index (χ3v) is 2.30. The summed E-state index contributed by atoms with van der Waals surface area (Å²) in [5, 5.41) is 3.03. The number of hydrogen-bond donors (Lipinski definition) is 1. The molecule has 19 heavy (non-hydrogen) atoms. The zero-order chi connectivity index (χ0) is 14.5. The van der Waals surface area contributed by atoms with Gasteiger partial charge in [-0.3, -0.25) is 4.79 Å². The number of cyclic esters (lactones) is 1. The van der Waals surface area contributed by atoms with Crippen molar-refractivity contribution in [1.82, 2.24) is 5.32 Å². The van der Waals surface area contributed by atoms with Crippen molar-refractivity contribution in [1.29, 1.82) is 0 Å². The number of nitrogens with one attached hydrogen (secondary N) is 1. The number of hydrogen-bond acceptors (Lipinski definition) is 4. The minimum atomic E-state index is -0.0880. The van der Waals surface area contributed by atoms with E-state index >= 15 is 0 Å². The van der Waals surface area contributed by atoms with Crippen molar-refractivity contribution < 1.29 is 14.3 Å². The molecular formula is C15H25NO3. The van der Waals surface area contributed by atoms with Gasteiger partial charge in [-0.05, 0) is 19.1 Å². The molecule has 1 aromatic rings. The van der Waals surface area contributed by atoms with Crippen molar-refractivity contribution in [3.05, 3.63) is 29.8 Å². The molecular weight excluding hydrogens is 242 g/mol. The van der Waals surface area contributed by atoms with Gasteiger partial charge in [-0.25, -0.2) is 0 Å². The molecule has 4 nitrogen and oxygen atoms in total. The summed E-state index contributed by atoms with van der Waals surface area (Å²) in [4.78, 5) is 10.4. The Kier molecular flexibility index (Phi) is 10.6. The van der Waals surface area contributed by atoms with Gasteiger partial charge in [0.25, 0.3) is 0 Å². The number of aryl methyl sites for hydroxylation is 1. The predicted octanol–water partition coefficient (Wildman–Crippen LogP) is 2.55. The van der Waals surface area contributed by atoms with E-state index in [1.807, 2.05) is 38.1 Å². The van der Waals surface area contributed by atoms with Crippen LogP contribution in [0.1, 0.15) is 25.8 Å². The lowest BCUT2D eigenvalue weighted by molar-refractivity contribution is -0.142. The van der Waals surface area contributed by atoms with E-state index in [9.17, 15) is 4.79 Å². The van der Waals surface area contributed by atoms with Gasteiger partial charge in [0.05, 0.1) is 13.5 Å². The number of methoxy groups -OCH3 is 1. The van der Waals surface area contributed by atoms with Crippen LogP contribution in [0.4, 0.5) is 0 Å². The van der Waals surface area contributed by atoms with Crippen LogP contribution < -0.4 is 10.1 Å². The SMILES string of the molecule is CC.COc1ccc(C)cc1.O=C1CCNCCO1. The molecule has 1 fully saturated rings. The molecule has 0 aromatic heterocycles. The van der Waals surface area contributed by atoms with Gasteiger partial charge in [0.15, 0.2) is 0 Å². The molecule has 0 aliphatic carbocycles. The van der Waals surface area contributed by atoms with Crippen molar-refractivity contribution in [3.63, 3.8) is 0 Å². The fourth-order valence-electron chi connectivity index (χ4n) is 1.30. The van der Waals surface area contributed by atoms with Crippen LogP contribution in [0.3, 0.4) is 0 Å². The second-order valence-electron chi connectivity index (χ2n) is 3.74. The molecule has 108 valence electrons. The van der Waals surface area contributed by atoms with Crippen molar-refractivity contribution in [3.8, 4) is 5.75 Å². The summed E-state index contributed by atoms with van der Waals surface area (Å²) in [6.45, 7) is 8.14. The average Bonchev–Trinajstić information content (AvgIpc) is 2.70. The van der Waals surface area contributed by atoms with Crippen LogP contribution in [-0.4, -0.2) is 32.8 Å². The van der Waals surface area contributed by atoms with Gasteiger partial charge in [0.2, 0.25) is 0 Å². The number of benzene rings is 1. The van der Waals surface area contributed by atoms with Gasteiger partial charge >= 0.3 is 5.97 Å². The Morgan fingerprint density at radius 1 is 1.16 bits per heavy atom. The third kappa shape index (κ3) is 9.08. The monoisotopic (exact) mass is 267 g/mol. The zero-order valence-electron chi connectivity index (χ0n) is 12.4. The highest BCUT2D eigenvalue weighted by atomic mass is 16.5. The molecule has 1 heterocycles. The summed E-state index contributed by atoms with van der Waals surface area (Å²) in [6, 6.07) is 7.96. The van der Waals surface area contributed by atoms with Crippen LogP contribution in [0.5, 0.6) is 5.75 Å². The first-order chi connectivity index (χ1) is 9.22. The van der Waals surface area contributed by atoms with E-state index in [1.165, 1.54) is 5.56 Å². The Morgan fingerprint density at radius 3 is 2.37 bits per heavy atom. The lowest BCUT2D eigenvalue weighted by Crippen LogP contribution is -2.16. The van der Waals surface area contributed by atoms with Gasteiger partial charge in [-0.15, -0.1) is 0 Å². The normalized spacial score (nSPS) is 13.8. The maximum Gasteiger partial charge on any atom is 0.307 e. The zero-order valence-corrected chi connectivity index (χ0v) is 12.4. The van der Waals surface area contributed by atoms with E-state index in [1.54, 1.807) is 7.11 Å². The maximum atomic E-state index is 10.4. The number of carbonyl (C=O) groups is 1. The number of esters is 1. The first kappa shape index (κ1) is 17.4. The standard InChI is InChI=1S/C8H10O.C5H9NO2.C2H6/c1-7-3-5-8(9-2)6-4-7;7-5-1-2-6-3-4-8-5;1-2/h3-6H,1-2H3;6H,1-4H2;1-2H3. The minimum absolute atomic E-state index is 0.0880. The Morgan fingerprint density at radius 2 is 1.79 bits per heavy atom. The lowest BCUT2D eigenvalue weighted by Gasteiger charge is -1.97. The molecule has 1 saturated heterocycles. The molecule has 0 saturated carbocycles. The molecule has 4 heteroatoms. The van der Waals surface area contributed by atoms with Gasteiger partial charge in [0.1, 0.15) is 12.4 Å². The van der Waals surface area contributed by atoms with Crippen LogP contribution in [0.25, 0.3) is 0 Å². The highest BCUT2D eigenvalue weighted by Crippen LogP contribution is 2.09. The summed E-state index contributed by atoms with van der Waals surface area (Å²) >= 11 is 0. The van der Waals surface area contributed by atoms with E-state index in [0.29, 0.717) is 13.0 Å². The summed E-state index contributed by atoms with van der Waals surface area (Å²) in [7, 11) is 1.67. The highest BCUT2D eigenvalue weighted by Gasteiger charge is 2.04. The molecule has 2 rings (SSSR count). The number of ether oxygens (including phenoxy) is 2. The molecule has 0 amide bonds. The van der Waals surface area contributed by atoms with Crippen molar-refractivity contribution >= 4 is 5.97 Å². The third-order valence-electron chi connectivity index (χ3n) is 2.30. The quantitative estimate of drug-likeness (QED) is 0.794. The summed E-state index contributed by atoms with van der Waals surface area (Å²) < 4.78 is 9.67. The van der Waals surface area contributed by atoms with Crippen LogP contribution >= 0.6 is 0 Å². The van der Waals surface area contributed by atoms with Crippen molar-refractivity contribution in [2.75, 3.05) is 26.8 Å². The summed E-state index contributed by atoms with van der Waals surface area (Å²) in [6.07, 6.45) is 0.514. The fraction of sp³-hybridized carbons (Fsp3) is 0.533. The van der Waals surface area contributed by atoms with Crippen LogP contribution in [-0.2, 0) is 9.53 Å². The molecule has 0 radical (unpaired) electrons. The molecule has 1 aliphatic rings. The van der Waals surface area contributed by atoms with Crippen LogP contribution in [0, 0.1) is 6.92 Å². The van der Waals surface area contributed by atoms with Crippen molar-refractivity contribution in [2.45, 2.75) is 27.2 Å². The molecule has 1 N–H and O–H groups in total. The molecule has 1 aromatic carbocycles. The minimum Gasteiger partial charge on any atom is -0.497 e. The summed E-state index contributed by atoms with van der Waals surface area (Å²) in [5.41, 5.74) is 1.26. The predicted molar refractivity (Wildman–Crippen MR) is 77.5 cm³/mol. The van der Waals surface area contributed by atoms with E-state index in [2.05, 4.69) is 12.2 Å². The number of carbonyl (C=O) groups excluding carboxylic acids is 1. The largest absolute Gasteiger partial charge is 0.497 e. The van der Waals surface area contributed by atoms with E-state index in [4.69, 9.17) is 9.47 Å². The maximum absolute atomic E-state index is 10.4. The highest BCUT2D eigenvalue weighted by molar-refractivity contribution is 5.69. The molecule has 0 unspecified atom stereocenters. The Balaban J connectivity index is 0.000000303. The molecule has 0 atom stereocenters. The Labute approximate surface area is 116 Å². The van der Waals surface area contributed by atoms with Crippen molar-refractivity contribution in [2.24, 2.45) is 0 Å². The first-order valence-electron chi connectivity index (χ1n) is 6.69. The fourth-order valence-corrected chi connectivity index (χ4v) is 1.30. The molecule has 1 aliphatic heterocycles. The number of rotatable bonds is 1. The topological polar surface area (TPSA) is 47.6 Å². The summed E-state index contributed by atoms with van der Waals surface area (Å²) in [5.74, 6) is 0.829. The molecule has 0 spiro atoms. The van der Waals surface area contributed by atoms with E-state index in [-0.39, 0.29) is 5.97 Å². The van der Waals surface area contributed by atoms with Gasteiger partial charge in [0, 0.05) is 13.1 Å². The van der Waals surface area contributed by atoms with Gasteiger partial charge in [-0.2, -0.15) is 0 Å². The average molecular weight is 267 g/mol. The first-order valence-corrected chi connectivity index (χ1v) is 6.69. The Bertz CT molecular complexity index is 326. The smallest absolute Gasteiger partial charge is 0.307 e.